The fraction of sp³-hybridized carbons (Fsp3) is 0.111. The molecule has 0 spiro atoms. The first-order chi connectivity index (χ1) is 10.9. The molecule has 0 saturated heterocycles. The number of rotatable bonds is 2. The van der Waals surface area contributed by atoms with Gasteiger partial charge in [-0.1, -0.05) is 23.8 Å². The maximum Gasteiger partial charge on any atom is 0.363 e. The molecule has 0 aromatic heterocycles. The summed E-state index contributed by atoms with van der Waals surface area (Å²) in [5.74, 6) is -2.36. The van der Waals surface area contributed by atoms with Gasteiger partial charge < -0.3 is 4.74 Å². The van der Waals surface area contributed by atoms with Crippen LogP contribution in [0, 0.1) is 25.5 Å². The van der Waals surface area contributed by atoms with Gasteiger partial charge in [-0.2, -0.15) is 0 Å². The lowest BCUT2D eigenvalue weighted by atomic mass is 10.0. The summed E-state index contributed by atoms with van der Waals surface area (Å²) in [4.78, 5) is 15.9. The molecular formula is C18H13F2NO2. The van der Waals surface area contributed by atoms with Gasteiger partial charge in [-0.15, -0.1) is 0 Å². The molecule has 0 atom stereocenters. The van der Waals surface area contributed by atoms with Crippen LogP contribution in [-0.4, -0.2) is 11.9 Å². The Bertz CT molecular complexity index is 869. The van der Waals surface area contributed by atoms with Crippen molar-refractivity contribution in [1.29, 1.82) is 0 Å². The van der Waals surface area contributed by atoms with Crippen LogP contribution in [0.4, 0.5) is 8.78 Å². The number of nitrogens with zero attached hydrogens (tertiary/aromatic N) is 1. The van der Waals surface area contributed by atoms with Crippen molar-refractivity contribution in [2.24, 2.45) is 4.99 Å². The number of benzene rings is 2. The molecule has 0 bridgehead atoms. The summed E-state index contributed by atoms with van der Waals surface area (Å²) in [5, 5.41) is 0. The molecule has 1 heterocycles. The fourth-order valence-corrected chi connectivity index (χ4v) is 2.32. The average Bonchev–Trinajstić information content (AvgIpc) is 2.83. The molecule has 0 aliphatic carbocycles. The summed E-state index contributed by atoms with van der Waals surface area (Å²) in [7, 11) is 0. The van der Waals surface area contributed by atoms with Gasteiger partial charge in [0.1, 0.15) is 11.6 Å². The molecule has 0 amide bonds. The van der Waals surface area contributed by atoms with Crippen LogP contribution in [-0.2, 0) is 9.53 Å². The van der Waals surface area contributed by atoms with Crippen molar-refractivity contribution in [1.82, 2.24) is 0 Å². The summed E-state index contributed by atoms with van der Waals surface area (Å²) in [5.41, 5.74) is 2.95. The number of aryl methyl sites for hydroxylation is 2. The molecule has 23 heavy (non-hydrogen) atoms. The number of aliphatic imine (C=N–C) groups is 1. The van der Waals surface area contributed by atoms with E-state index in [1.165, 1.54) is 6.07 Å². The number of halogens is 2. The van der Waals surface area contributed by atoms with E-state index in [9.17, 15) is 13.6 Å². The van der Waals surface area contributed by atoms with Gasteiger partial charge in [-0.3, -0.25) is 0 Å². The lowest BCUT2D eigenvalue weighted by Gasteiger charge is -2.01. The zero-order valence-corrected chi connectivity index (χ0v) is 12.6. The second-order valence-corrected chi connectivity index (χ2v) is 5.32. The summed E-state index contributed by atoms with van der Waals surface area (Å²) < 4.78 is 31.7. The van der Waals surface area contributed by atoms with E-state index < -0.39 is 17.6 Å². The highest BCUT2D eigenvalue weighted by Crippen LogP contribution is 2.22. The third kappa shape index (κ3) is 3.04. The van der Waals surface area contributed by atoms with Crippen molar-refractivity contribution in [2.45, 2.75) is 13.8 Å². The topological polar surface area (TPSA) is 38.7 Å². The number of cyclic esters (lactones) is 1. The van der Waals surface area contributed by atoms with E-state index >= 15 is 0 Å². The monoisotopic (exact) mass is 313 g/mol. The molecule has 1 aliphatic heterocycles. The molecule has 0 N–H and O–H groups in total. The molecule has 5 heteroatoms. The summed E-state index contributed by atoms with van der Waals surface area (Å²) in [6, 6.07) is 8.77. The van der Waals surface area contributed by atoms with E-state index in [2.05, 4.69) is 4.99 Å². The van der Waals surface area contributed by atoms with Crippen LogP contribution < -0.4 is 0 Å². The maximum atomic E-state index is 13.8. The molecule has 0 fully saturated rings. The zero-order valence-electron chi connectivity index (χ0n) is 12.6. The van der Waals surface area contributed by atoms with Crippen LogP contribution in [0.5, 0.6) is 0 Å². The van der Waals surface area contributed by atoms with Crippen LogP contribution in [0.1, 0.15) is 22.3 Å². The van der Waals surface area contributed by atoms with Crippen molar-refractivity contribution in [2.75, 3.05) is 0 Å². The second-order valence-electron chi connectivity index (χ2n) is 5.32. The minimum Gasteiger partial charge on any atom is -0.402 e. The van der Waals surface area contributed by atoms with Gasteiger partial charge >= 0.3 is 5.97 Å². The number of carbonyl (C=O) groups is 1. The van der Waals surface area contributed by atoms with E-state index in [-0.39, 0.29) is 17.2 Å². The van der Waals surface area contributed by atoms with E-state index in [0.717, 1.165) is 28.8 Å². The Morgan fingerprint density at radius 3 is 2.57 bits per heavy atom. The zero-order chi connectivity index (χ0) is 16.6. The molecule has 3 nitrogen and oxygen atoms in total. The highest BCUT2D eigenvalue weighted by molar-refractivity contribution is 6.13. The van der Waals surface area contributed by atoms with Gasteiger partial charge in [0.2, 0.25) is 5.90 Å². The first-order valence-electron chi connectivity index (χ1n) is 6.99. The number of hydrogen-bond acceptors (Lipinski definition) is 3. The van der Waals surface area contributed by atoms with Crippen LogP contribution in [0.15, 0.2) is 47.1 Å². The highest BCUT2D eigenvalue weighted by atomic mass is 19.1. The predicted octanol–water partition coefficient (Wildman–Crippen LogP) is 3.93. The predicted molar refractivity (Wildman–Crippen MR) is 82.9 cm³/mol. The van der Waals surface area contributed by atoms with Crippen molar-refractivity contribution >= 4 is 17.9 Å². The quantitative estimate of drug-likeness (QED) is 0.622. The Morgan fingerprint density at radius 1 is 1.09 bits per heavy atom. The van der Waals surface area contributed by atoms with Crippen LogP contribution in [0.25, 0.3) is 6.08 Å². The van der Waals surface area contributed by atoms with Crippen LogP contribution >= 0.6 is 0 Å². The van der Waals surface area contributed by atoms with Gasteiger partial charge in [0, 0.05) is 6.07 Å². The smallest absolute Gasteiger partial charge is 0.363 e. The largest absolute Gasteiger partial charge is 0.402 e. The normalized spacial score (nSPS) is 15.7. The molecule has 0 saturated carbocycles. The van der Waals surface area contributed by atoms with Gasteiger partial charge in [0.05, 0.1) is 5.56 Å². The van der Waals surface area contributed by atoms with E-state index in [1.807, 2.05) is 32.0 Å². The lowest BCUT2D eigenvalue weighted by molar-refractivity contribution is -0.129. The molecule has 0 unspecified atom stereocenters. The summed E-state index contributed by atoms with van der Waals surface area (Å²) in [6.07, 6.45) is 1.59. The standard InChI is InChI=1S/C18H13F2NO2/c1-10-3-4-12(11(2)7-10)8-16-18(22)23-17(21-16)14-6-5-13(19)9-15(14)20/h3-9H,1-2H3/b16-8-. The third-order valence-corrected chi connectivity index (χ3v) is 3.50. The van der Waals surface area contributed by atoms with Gasteiger partial charge in [-0.25, -0.2) is 18.6 Å². The van der Waals surface area contributed by atoms with Gasteiger partial charge in [0.15, 0.2) is 5.70 Å². The summed E-state index contributed by atoms with van der Waals surface area (Å²) in [6.45, 7) is 3.89. The number of ether oxygens (including phenoxy) is 1. The Hall–Kier alpha value is -2.82. The van der Waals surface area contributed by atoms with Gasteiger partial charge in [0.25, 0.3) is 0 Å². The van der Waals surface area contributed by atoms with Crippen molar-refractivity contribution in [3.63, 3.8) is 0 Å². The lowest BCUT2D eigenvalue weighted by Crippen LogP contribution is -2.07. The van der Waals surface area contributed by atoms with Crippen LogP contribution in [0.2, 0.25) is 0 Å². The average molecular weight is 313 g/mol. The van der Waals surface area contributed by atoms with Gasteiger partial charge in [-0.05, 0) is 43.2 Å². The molecule has 3 rings (SSSR count). The number of carbonyl (C=O) groups excluding carboxylic acids is 1. The summed E-state index contributed by atoms with van der Waals surface area (Å²) >= 11 is 0. The van der Waals surface area contributed by atoms with Crippen LogP contribution in [0.3, 0.4) is 0 Å². The molecule has 2 aromatic carbocycles. The number of hydrogen-bond donors (Lipinski definition) is 0. The van der Waals surface area contributed by atoms with E-state index in [0.29, 0.717) is 0 Å². The Labute approximate surface area is 131 Å². The minimum atomic E-state index is -0.829. The third-order valence-electron chi connectivity index (χ3n) is 3.50. The fourth-order valence-electron chi connectivity index (χ4n) is 2.32. The maximum absolute atomic E-state index is 13.8. The second kappa shape index (κ2) is 5.76. The molecule has 0 radical (unpaired) electrons. The molecule has 2 aromatic rings. The first kappa shape index (κ1) is 15.1. The minimum absolute atomic E-state index is 0.0521. The van der Waals surface area contributed by atoms with Crippen molar-refractivity contribution < 1.29 is 18.3 Å². The SMILES string of the molecule is Cc1ccc(/C=C2\N=C(c3ccc(F)cc3F)OC2=O)c(C)c1. The van der Waals surface area contributed by atoms with Crippen molar-refractivity contribution in [3.05, 3.63) is 76.0 Å². The van der Waals surface area contributed by atoms with E-state index in [4.69, 9.17) is 4.74 Å². The highest BCUT2D eigenvalue weighted by Gasteiger charge is 2.26. The Morgan fingerprint density at radius 2 is 1.87 bits per heavy atom. The first-order valence-corrected chi connectivity index (χ1v) is 6.99. The van der Waals surface area contributed by atoms with E-state index in [1.54, 1.807) is 6.08 Å². The van der Waals surface area contributed by atoms with Crippen molar-refractivity contribution in [3.8, 4) is 0 Å². The Balaban J connectivity index is 1.99. The Kier molecular flexibility index (Phi) is 3.78. The molecular weight excluding hydrogens is 300 g/mol. The number of esters is 1. The molecule has 1 aliphatic rings. The molecule has 116 valence electrons.